The van der Waals surface area contributed by atoms with Crippen molar-refractivity contribution in [1.82, 2.24) is 5.01 Å². The molecule has 5 nitrogen and oxygen atoms in total. The van der Waals surface area contributed by atoms with E-state index in [0.717, 1.165) is 16.8 Å². The zero-order chi connectivity index (χ0) is 21.8. The second-order valence-corrected chi connectivity index (χ2v) is 9.79. The van der Waals surface area contributed by atoms with Crippen LogP contribution in [0.2, 0.25) is 5.02 Å². The molecule has 0 aliphatic carbocycles. The largest absolute Gasteiger partial charge is 0.295 e. The van der Waals surface area contributed by atoms with Crippen molar-refractivity contribution in [3.8, 4) is 0 Å². The summed E-state index contributed by atoms with van der Waals surface area (Å²) in [5, 5.41) is 6.23. The molecule has 3 aromatic carbocycles. The molecule has 0 saturated carbocycles. The topological polar surface area (TPSA) is 66.8 Å². The number of hydrogen-bond acceptors (Lipinski definition) is 5. The molecule has 0 N–H and O–H groups in total. The third-order valence-corrected chi connectivity index (χ3v) is 7.00. The molecule has 0 radical (unpaired) electrons. The van der Waals surface area contributed by atoms with E-state index in [2.05, 4.69) is 0 Å². The molecular formula is C24H21ClN2O3S. The van der Waals surface area contributed by atoms with Crippen LogP contribution >= 0.6 is 11.6 Å². The lowest BCUT2D eigenvalue weighted by Gasteiger charge is -2.16. The van der Waals surface area contributed by atoms with Crippen LogP contribution in [0.5, 0.6) is 0 Å². The van der Waals surface area contributed by atoms with Crippen LogP contribution < -0.4 is 0 Å². The van der Waals surface area contributed by atoms with E-state index in [9.17, 15) is 13.2 Å². The van der Waals surface area contributed by atoms with E-state index in [4.69, 9.17) is 16.7 Å². The molecule has 1 heterocycles. The van der Waals surface area contributed by atoms with Gasteiger partial charge in [-0.05, 0) is 23.3 Å². The summed E-state index contributed by atoms with van der Waals surface area (Å²) in [6.45, 7) is 0.679. The minimum atomic E-state index is -3.94. The van der Waals surface area contributed by atoms with Gasteiger partial charge in [0.25, 0.3) is 5.12 Å². The van der Waals surface area contributed by atoms with E-state index in [-0.39, 0.29) is 23.8 Å². The average molecular weight is 453 g/mol. The maximum atomic E-state index is 12.6. The monoisotopic (exact) mass is 452 g/mol. The smallest absolute Gasteiger partial charge is 0.276 e. The fourth-order valence-corrected chi connectivity index (χ4v) is 4.86. The number of halogens is 1. The molecule has 1 atom stereocenters. The van der Waals surface area contributed by atoms with Gasteiger partial charge in [-0.2, -0.15) is 5.10 Å². The number of carbonyl (C=O) groups excluding carboxylic acids is 1. The zero-order valence-corrected chi connectivity index (χ0v) is 18.3. The quantitative estimate of drug-likeness (QED) is 0.556. The van der Waals surface area contributed by atoms with Crippen LogP contribution in [0.1, 0.15) is 27.4 Å². The molecule has 31 heavy (non-hydrogen) atoms. The lowest BCUT2D eigenvalue weighted by atomic mass is 9.91. The molecule has 0 spiro atoms. The van der Waals surface area contributed by atoms with Crippen LogP contribution in [0, 0.1) is 0 Å². The van der Waals surface area contributed by atoms with E-state index in [1.165, 1.54) is 12.1 Å². The van der Waals surface area contributed by atoms with Gasteiger partial charge in [-0.25, -0.2) is 8.42 Å². The number of carbonyl (C=O) groups is 1. The van der Waals surface area contributed by atoms with Crippen molar-refractivity contribution in [2.75, 3.05) is 18.8 Å². The number of hydrazone groups is 1. The van der Waals surface area contributed by atoms with Gasteiger partial charge < -0.3 is 0 Å². The Balaban J connectivity index is 1.55. The Labute approximate surface area is 186 Å². The fraction of sp³-hybridized carbons (Fsp3) is 0.167. The molecule has 158 valence electrons. The van der Waals surface area contributed by atoms with Crippen molar-refractivity contribution in [2.24, 2.45) is 5.10 Å². The number of hydrogen-bond donors (Lipinski definition) is 0. The third-order valence-electron chi connectivity index (χ3n) is 5.22. The van der Waals surface area contributed by atoms with Gasteiger partial charge >= 0.3 is 0 Å². The summed E-state index contributed by atoms with van der Waals surface area (Å²) in [5.74, 6) is -0.297. The summed E-state index contributed by atoms with van der Waals surface area (Å²) >= 11 is 6.03. The van der Waals surface area contributed by atoms with Gasteiger partial charge in [-0.3, -0.25) is 9.80 Å². The average Bonchev–Trinajstić information content (AvgIpc) is 3.23. The van der Waals surface area contributed by atoms with E-state index in [1.54, 1.807) is 23.2 Å². The molecule has 0 amide bonds. The van der Waals surface area contributed by atoms with Crippen molar-refractivity contribution in [1.29, 1.82) is 0 Å². The highest BCUT2D eigenvalue weighted by atomic mass is 35.5. The highest BCUT2D eigenvalue weighted by Gasteiger charge is 2.31. The van der Waals surface area contributed by atoms with Gasteiger partial charge in [-0.1, -0.05) is 84.4 Å². The summed E-state index contributed by atoms with van der Waals surface area (Å²) in [5.41, 5.74) is 3.07. The molecule has 1 aliphatic rings. The molecule has 0 fully saturated rings. The number of nitrogens with zero attached hydrogens (tertiary/aromatic N) is 2. The minimum Gasteiger partial charge on any atom is -0.295 e. The zero-order valence-electron chi connectivity index (χ0n) is 16.7. The highest BCUT2D eigenvalue weighted by molar-refractivity contribution is 8.06. The van der Waals surface area contributed by atoms with Crippen molar-refractivity contribution in [2.45, 2.75) is 5.92 Å². The first-order valence-corrected chi connectivity index (χ1v) is 11.9. The van der Waals surface area contributed by atoms with Gasteiger partial charge in [0, 0.05) is 23.0 Å². The Bertz CT molecular complexity index is 1190. The van der Waals surface area contributed by atoms with Crippen molar-refractivity contribution in [3.05, 3.63) is 107 Å². The Morgan fingerprint density at radius 1 is 0.935 bits per heavy atom. The second kappa shape index (κ2) is 9.04. The molecule has 1 aliphatic heterocycles. The number of benzene rings is 3. The van der Waals surface area contributed by atoms with Crippen molar-refractivity contribution in [3.63, 3.8) is 0 Å². The van der Waals surface area contributed by atoms with Crippen LogP contribution in [0.4, 0.5) is 0 Å². The summed E-state index contributed by atoms with van der Waals surface area (Å²) in [4.78, 5) is 12.4. The maximum absolute atomic E-state index is 12.6. The van der Waals surface area contributed by atoms with Gasteiger partial charge in [-0.15, -0.1) is 0 Å². The number of rotatable bonds is 6. The van der Waals surface area contributed by atoms with Crippen LogP contribution in [0.15, 0.2) is 90.0 Å². The Morgan fingerprint density at radius 3 is 2.19 bits per heavy atom. The van der Waals surface area contributed by atoms with Crippen LogP contribution in [0.25, 0.3) is 0 Å². The van der Waals surface area contributed by atoms with Crippen LogP contribution in [-0.2, 0) is 9.84 Å². The summed E-state index contributed by atoms with van der Waals surface area (Å²) in [6, 6.07) is 25.5. The maximum Gasteiger partial charge on any atom is 0.276 e. The van der Waals surface area contributed by atoms with E-state index >= 15 is 0 Å². The molecule has 7 heteroatoms. The summed E-state index contributed by atoms with van der Waals surface area (Å²) in [7, 11) is -3.94. The SMILES string of the molecule is O=C(c1ccccc1)S(=O)(=O)CCN1CC(c2ccccc2)C(c2ccc(Cl)cc2)=N1. The fourth-order valence-electron chi connectivity index (χ4n) is 3.60. The third kappa shape index (κ3) is 4.86. The molecule has 4 rings (SSSR count). The van der Waals surface area contributed by atoms with Crippen molar-refractivity contribution < 1.29 is 13.2 Å². The Morgan fingerprint density at radius 2 is 1.55 bits per heavy atom. The van der Waals surface area contributed by atoms with Crippen molar-refractivity contribution >= 4 is 32.3 Å². The van der Waals surface area contributed by atoms with E-state index in [1.807, 2.05) is 54.6 Å². The Hall–Kier alpha value is -2.96. The predicted octanol–water partition coefficient (Wildman–Crippen LogP) is 4.40. The lowest BCUT2D eigenvalue weighted by molar-refractivity contribution is 0.107. The van der Waals surface area contributed by atoms with Gasteiger partial charge in [0.2, 0.25) is 9.84 Å². The first-order valence-electron chi connectivity index (χ1n) is 9.90. The van der Waals surface area contributed by atoms with Gasteiger partial charge in [0.05, 0.1) is 18.0 Å². The predicted molar refractivity (Wildman–Crippen MR) is 123 cm³/mol. The molecular weight excluding hydrogens is 432 g/mol. The lowest BCUT2D eigenvalue weighted by Crippen LogP contribution is -2.28. The second-order valence-electron chi connectivity index (χ2n) is 7.34. The Kier molecular flexibility index (Phi) is 6.20. The molecule has 0 aromatic heterocycles. The first-order chi connectivity index (χ1) is 14.9. The normalized spacial score (nSPS) is 16.2. The minimum absolute atomic E-state index is 0.00472. The molecule has 0 bridgehead atoms. The molecule has 1 unspecified atom stereocenters. The van der Waals surface area contributed by atoms with E-state index < -0.39 is 15.0 Å². The molecule has 0 saturated heterocycles. The highest BCUT2D eigenvalue weighted by Crippen LogP contribution is 2.29. The van der Waals surface area contributed by atoms with Gasteiger partial charge in [0.1, 0.15) is 0 Å². The standard InChI is InChI=1S/C24H21ClN2O3S/c25-21-13-11-19(12-14-21)23-22(18-7-3-1-4-8-18)17-27(26-23)15-16-31(29,30)24(28)20-9-5-2-6-10-20/h1-14,22H,15-17H2. The first kappa shape index (κ1) is 21.3. The summed E-state index contributed by atoms with van der Waals surface area (Å²) < 4.78 is 25.2. The van der Waals surface area contributed by atoms with Crippen LogP contribution in [-0.4, -0.2) is 43.1 Å². The van der Waals surface area contributed by atoms with E-state index in [0.29, 0.717) is 11.6 Å². The molecule has 3 aromatic rings. The number of sulfone groups is 1. The summed E-state index contributed by atoms with van der Waals surface area (Å²) in [6.07, 6.45) is 0. The van der Waals surface area contributed by atoms with Gasteiger partial charge in [0.15, 0.2) is 0 Å². The van der Waals surface area contributed by atoms with Crippen LogP contribution in [0.3, 0.4) is 0 Å².